The Morgan fingerprint density at radius 2 is 1.83 bits per heavy atom. The van der Waals surface area contributed by atoms with Crippen LogP contribution in [0.3, 0.4) is 0 Å². The van der Waals surface area contributed by atoms with Gasteiger partial charge < -0.3 is 19.7 Å². The summed E-state index contributed by atoms with van der Waals surface area (Å²) in [5.41, 5.74) is 2.45. The average Bonchev–Trinajstić information content (AvgIpc) is 2.64. The summed E-state index contributed by atoms with van der Waals surface area (Å²) in [5, 5.41) is 21.2. The predicted octanol–water partition coefficient (Wildman–Crippen LogP) is 4.34. The highest BCUT2D eigenvalue weighted by molar-refractivity contribution is 5.92. The molecule has 2 aromatic rings. The fourth-order valence-electron chi connectivity index (χ4n) is 4.83. The average molecular weight is 397 g/mol. The van der Waals surface area contributed by atoms with Crippen molar-refractivity contribution in [3.63, 3.8) is 0 Å². The zero-order chi connectivity index (χ0) is 20.0. The van der Waals surface area contributed by atoms with E-state index in [0.717, 1.165) is 42.5 Å². The summed E-state index contributed by atoms with van der Waals surface area (Å²) in [6.45, 7) is 1.51. The highest BCUT2D eigenvalue weighted by atomic mass is 16.5. The first-order valence-corrected chi connectivity index (χ1v) is 10.7. The van der Waals surface area contributed by atoms with E-state index in [1.807, 2.05) is 6.07 Å². The molecule has 0 radical (unpaired) electrons. The fraction of sp³-hybridized carbons (Fsp3) is 0.565. The second kappa shape index (κ2) is 7.48. The molecule has 29 heavy (non-hydrogen) atoms. The molecule has 2 N–H and O–H groups in total. The number of pyridine rings is 1. The lowest BCUT2D eigenvalue weighted by atomic mass is 9.75. The summed E-state index contributed by atoms with van der Waals surface area (Å²) in [5.74, 6) is 0.510. The van der Waals surface area contributed by atoms with E-state index >= 15 is 0 Å². The summed E-state index contributed by atoms with van der Waals surface area (Å²) < 4.78 is 11.8. The predicted molar refractivity (Wildman–Crippen MR) is 108 cm³/mol. The molecule has 1 saturated heterocycles. The van der Waals surface area contributed by atoms with Crippen molar-refractivity contribution in [2.24, 2.45) is 5.92 Å². The van der Waals surface area contributed by atoms with Crippen LogP contribution >= 0.6 is 0 Å². The van der Waals surface area contributed by atoms with Crippen LogP contribution in [0.15, 0.2) is 18.2 Å². The minimum Gasteiger partial charge on any atom is -0.508 e. The molecular formula is C23H27NO5. The number of phenolic OH excluding ortho intramolecular Hbond substituents is 1. The molecule has 2 saturated carbocycles. The highest BCUT2D eigenvalue weighted by Gasteiger charge is 2.37. The van der Waals surface area contributed by atoms with E-state index in [2.05, 4.69) is 0 Å². The number of fused-ring (bicyclic) bond motifs is 1. The number of benzene rings is 1. The first-order chi connectivity index (χ1) is 14.1. The lowest BCUT2D eigenvalue weighted by molar-refractivity contribution is -0.148. The molecule has 3 fully saturated rings. The molecule has 1 aromatic carbocycles. The monoisotopic (exact) mass is 397 g/mol. The van der Waals surface area contributed by atoms with Gasteiger partial charge in [0.25, 0.3) is 0 Å². The minimum atomic E-state index is -0.761. The van der Waals surface area contributed by atoms with Gasteiger partial charge in [0.05, 0.1) is 11.6 Å². The van der Waals surface area contributed by atoms with Crippen molar-refractivity contribution in [2.75, 3.05) is 13.2 Å². The van der Waals surface area contributed by atoms with E-state index in [1.54, 1.807) is 12.1 Å². The van der Waals surface area contributed by atoms with Gasteiger partial charge in [-0.25, -0.2) is 4.98 Å². The van der Waals surface area contributed by atoms with Crippen molar-refractivity contribution in [3.8, 4) is 11.6 Å². The van der Waals surface area contributed by atoms with Gasteiger partial charge in [0.2, 0.25) is 5.88 Å². The van der Waals surface area contributed by atoms with Crippen molar-refractivity contribution in [1.29, 1.82) is 0 Å². The Morgan fingerprint density at radius 3 is 2.48 bits per heavy atom. The van der Waals surface area contributed by atoms with Crippen LogP contribution in [-0.2, 0) is 9.53 Å². The van der Waals surface area contributed by atoms with Gasteiger partial charge in [-0.1, -0.05) is 12.5 Å². The Morgan fingerprint density at radius 1 is 1.07 bits per heavy atom. The van der Waals surface area contributed by atoms with Crippen molar-refractivity contribution < 1.29 is 24.5 Å². The van der Waals surface area contributed by atoms with Gasteiger partial charge in [0, 0.05) is 24.5 Å². The molecule has 6 nitrogen and oxygen atoms in total. The quantitative estimate of drug-likeness (QED) is 0.780. The number of aromatic hydroxyl groups is 1. The number of rotatable bonds is 5. The normalized spacial score (nSPS) is 25.4. The van der Waals surface area contributed by atoms with Gasteiger partial charge in [-0.15, -0.1) is 0 Å². The van der Waals surface area contributed by atoms with Crippen molar-refractivity contribution in [1.82, 2.24) is 4.98 Å². The number of carboxylic acid groups (broad SMARTS) is 1. The van der Waals surface area contributed by atoms with E-state index in [9.17, 15) is 9.90 Å². The summed E-state index contributed by atoms with van der Waals surface area (Å²) in [4.78, 5) is 16.2. The third kappa shape index (κ3) is 3.44. The molecule has 2 heterocycles. The van der Waals surface area contributed by atoms with Crippen LogP contribution in [0.1, 0.15) is 68.0 Å². The molecule has 2 aliphatic carbocycles. The van der Waals surface area contributed by atoms with Gasteiger partial charge in [0.15, 0.2) is 0 Å². The number of aliphatic carboxylic acids is 1. The van der Waals surface area contributed by atoms with Gasteiger partial charge in [-0.3, -0.25) is 4.79 Å². The van der Waals surface area contributed by atoms with Crippen LogP contribution in [0.5, 0.6) is 11.6 Å². The van der Waals surface area contributed by atoms with Gasteiger partial charge >= 0.3 is 5.97 Å². The van der Waals surface area contributed by atoms with E-state index in [-0.39, 0.29) is 17.8 Å². The second-order valence-corrected chi connectivity index (χ2v) is 8.71. The summed E-state index contributed by atoms with van der Waals surface area (Å²) >= 11 is 0. The zero-order valence-corrected chi connectivity index (χ0v) is 16.5. The number of hydrogen-bond acceptors (Lipinski definition) is 5. The Kier molecular flexibility index (Phi) is 4.82. The third-order valence-electron chi connectivity index (χ3n) is 6.87. The van der Waals surface area contributed by atoms with Crippen molar-refractivity contribution in [2.45, 2.75) is 62.9 Å². The third-order valence-corrected chi connectivity index (χ3v) is 6.87. The second-order valence-electron chi connectivity index (χ2n) is 8.71. The molecule has 154 valence electrons. The highest BCUT2D eigenvalue weighted by Crippen LogP contribution is 2.47. The Bertz CT molecular complexity index is 927. The van der Waals surface area contributed by atoms with E-state index in [0.29, 0.717) is 30.6 Å². The molecule has 0 unspecified atom stereocenters. The molecule has 3 aliphatic rings. The number of aromatic nitrogens is 1. The molecular weight excluding hydrogens is 370 g/mol. The number of carboxylic acids is 1. The molecule has 0 atom stereocenters. The van der Waals surface area contributed by atoms with Crippen LogP contribution in [0, 0.1) is 5.92 Å². The van der Waals surface area contributed by atoms with E-state index in [1.165, 1.54) is 24.8 Å². The number of hydrogen-bond donors (Lipinski definition) is 2. The summed E-state index contributed by atoms with van der Waals surface area (Å²) in [6, 6.07) is 5.48. The number of nitrogens with zero attached hydrogens (tertiary/aromatic N) is 1. The minimum absolute atomic E-state index is 0.133. The maximum absolute atomic E-state index is 11.1. The molecule has 1 aromatic heterocycles. The standard InChI is InChI=1S/C23H27NO5/c25-16-4-5-18-19(12-16)22(29-17-10-15(11-17)23(26)27)24-21(14-6-8-28-9-7-14)20(18)13-2-1-3-13/h4-5,12-15,17,25H,1-3,6-11H2,(H,26,27). The molecule has 0 bridgehead atoms. The van der Waals surface area contributed by atoms with Crippen LogP contribution < -0.4 is 4.74 Å². The Labute approximate surface area is 169 Å². The van der Waals surface area contributed by atoms with E-state index < -0.39 is 5.97 Å². The molecule has 0 amide bonds. The smallest absolute Gasteiger partial charge is 0.306 e. The Hall–Kier alpha value is -2.34. The van der Waals surface area contributed by atoms with Gasteiger partial charge in [-0.05, 0) is 67.5 Å². The molecule has 5 rings (SSSR count). The van der Waals surface area contributed by atoms with Crippen LogP contribution in [-0.4, -0.2) is 40.5 Å². The Balaban J connectivity index is 1.57. The lowest BCUT2D eigenvalue weighted by Crippen LogP contribution is -2.38. The molecule has 0 spiro atoms. The summed E-state index contributed by atoms with van der Waals surface area (Å²) in [6.07, 6.45) is 6.40. The van der Waals surface area contributed by atoms with Gasteiger partial charge in [-0.2, -0.15) is 0 Å². The topological polar surface area (TPSA) is 88.9 Å². The maximum atomic E-state index is 11.1. The zero-order valence-electron chi connectivity index (χ0n) is 16.5. The van der Waals surface area contributed by atoms with Crippen LogP contribution in [0.4, 0.5) is 0 Å². The summed E-state index contributed by atoms with van der Waals surface area (Å²) in [7, 11) is 0. The van der Waals surface area contributed by atoms with E-state index in [4.69, 9.17) is 19.6 Å². The first-order valence-electron chi connectivity index (χ1n) is 10.7. The SMILES string of the molecule is O=C(O)C1CC(Oc2nc(C3CCOCC3)c(C3CCC3)c3ccc(O)cc23)C1. The molecule has 6 heteroatoms. The number of ether oxygens (including phenoxy) is 2. The largest absolute Gasteiger partial charge is 0.508 e. The first kappa shape index (κ1) is 18.7. The number of phenols is 1. The van der Waals surface area contributed by atoms with Crippen LogP contribution in [0.25, 0.3) is 10.8 Å². The van der Waals surface area contributed by atoms with Crippen molar-refractivity contribution in [3.05, 3.63) is 29.5 Å². The fourth-order valence-corrected chi connectivity index (χ4v) is 4.83. The lowest BCUT2D eigenvalue weighted by Gasteiger charge is -2.35. The van der Waals surface area contributed by atoms with Crippen molar-refractivity contribution >= 4 is 16.7 Å². The molecule has 1 aliphatic heterocycles. The van der Waals surface area contributed by atoms with Gasteiger partial charge in [0.1, 0.15) is 11.9 Å². The van der Waals surface area contributed by atoms with Crippen LogP contribution in [0.2, 0.25) is 0 Å². The maximum Gasteiger partial charge on any atom is 0.306 e. The number of carbonyl (C=O) groups is 1.